The van der Waals surface area contributed by atoms with Gasteiger partial charge in [-0.3, -0.25) is 14.6 Å². The number of benzene rings is 2. The molecule has 0 atom stereocenters. The van der Waals surface area contributed by atoms with Crippen molar-refractivity contribution < 1.29 is 46.8 Å². The van der Waals surface area contributed by atoms with Gasteiger partial charge in [-0.1, -0.05) is 36.4 Å². The van der Waals surface area contributed by atoms with Crippen LogP contribution in [0.2, 0.25) is 0 Å². The molecule has 3 heterocycles. The van der Waals surface area contributed by atoms with Crippen molar-refractivity contribution in [2.45, 2.75) is 24.8 Å². The smallest absolute Gasteiger partial charge is 0.486 e. The molecule has 14 heteroatoms. The Morgan fingerprint density at radius 3 is 2.55 bits per heavy atom. The van der Waals surface area contributed by atoms with Gasteiger partial charge in [0.15, 0.2) is 17.3 Å². The van der Waals surface area contributed by atoms with Crippen LogP contribution in [0.25, 0.3) is 11.8 Å². The topological polar surface area (TPSA) is 118 Å². The number of rotatable bonds is 10. The standard InChI is InChI=1S/C35H35F2N3O9/c1-44-17-18-45-19-20-47-34(43)49-23-48-32-28(41)11-15-39-30(32)33(42)38-22-40(39)27(21-24-7-3-2-4-8-24)25-9-10-26(36)29(37)31(25)46-16-6-14-35(38)12-5-13-35/h2-4,6-11,14-15,21H,5,12-13,16-20,22-23H2,1H3/b14-6+,27-21?. The first kappa shape index (κ1) is 33.7. The highest BCUT2D eigenvalue weighted by Gasteiger charge is 2.48. The number of nitrogens with zero attached hydrogens (tertiary/aromatic N) is 3. The van der Waals surface area contributed by atoms with Gasteiger partial charge < -0.3 is 33.3 Å². The normalized spacial score (nSPS) is 17.7. The molecule has 1 aromatic heterocycles. The lowest BCUT2D eigenvalue weighted by Crippen LogP contribution is -2.63. The van der Waals surface area contributed by atoms with Crippen molar-refractivity contribution >= 4 is 23.8 Å². The molecule has 0 unspecified atom stereocenters. The lowest BCUT2D eigenvalue weighted by Gasteiger charge is -2.52. The van der Waals surface area contributed by atoms with Crippen LogP contribution in [0.3, 0.4) is 0 Å². The van der Waals surface area contributed by atoms with Crippen LogP contribution in [0.5, 0.6) is 11.5 Å². The number of methoxy groups -OCH3 is 1. The highest BCUT2D eigenvalue weighted by atomic mass is 19.2. The summed E-state index contributed by atoms with van der Waals surface area (Å²) in [6, 6.07) is 12.8. The van der Waals surface area contributed by atoms with Crippen LogP contribution in [-0.2, 0) is 18.9 Å². The van der Waals surface area contributed by atoms with E-state index in [1.54, 1.807) is 22.1 Å². The third-order valence-electron chi connectivity index (χ3n) is 8.49. The van der Waals surface area contributed by atoms with Crippen molar-refractivity contribution in [3.05, 3.63) is 106 Å². The van der Waals surface area contributed by atoms with Gasteiger partial charge >= 0.3 is 6.16 Å². The van der Waals surface area contributed by atoms with Crippen LogP contribution in [0.15, 0.2) is 71.7 Å². The van der Waals surface area contributed by atoms with Crippen LogP contribution in [0.1, 0.15) is 40.9 Å². The number of fused-ring (bicyclic) bond motifs is 6. The van der Waals surface area contributed by atoms with E-state index in [1.165, 1.54) is 30.1 Å². The summed E-state index contributed by atoms with van der Waals surface area (Å²) in [5, 5.41) is 1.67. The third-order valence-corrected chi connectivity index (χ3v) is 8.49. The molecular weight excluding hydrogens is 644 g/mol. The Kier molecular flexibility index (Phi) is 10.3. The van der Waals surface area contributed by atoms with Crippen LogP contribution in [-0.4, -0.2) is 80.8 Å². The Morgan fingerprint density at radius 2 is 1.80 bits per heavy atom. The molecule has 49 heavy (non-hydrogen) atoms. The van der Waals surface area contributed by atoms with E-state index in [0.717, 1.165) is 18.1 Å². The number of amides is 1. The number of pyridine rings is 1. The highest BCUT2D eigenvalue weighted by molar-refractivity contribution is 5.99. The van der Waals surface area contributed by atoms with E-state index in [1.807, 2.05) is 36.4 Å². The first-order valence-electron chi connectivity index (χ1n) is 15.7. The summed E-state index contributed by atoms with van der Waals surface area (Å²) in [4.78, 5) is 41.5. The number of hydrogen-bond donors (Lipinski definition) is 0. The third kappa shape index (κ3) is 7.01. The molecule has 12 nitrogen and oxygen atoms in total. The number of hydrogen-bond acceptors (Lipinski definition) is 10. The zero-order chi connectivity index (χ0) is 34.4. The molecule has 6 rings (SSSR count). The largest absolute Gasteiger partial charge is 0.511 e. The van der Waals surface area contributed by atoms with Gasteiger partial charge in [-0.2, -0.15) is 4.39 Å². The molecular formula is C35H35F2N3O9. The van der Waals surface area contributed by atoms with Gasteiger partial charge in [0.05, 0.1) is 31.1 Å². The van der Waals surface area contributed by atoms with E-state index in [4.69, 9.17) is 28.4 Å². The number of ether oxygens (including phenoxy) is 6. The molecule has 0 N–H and O–H groups in total. The first-order chi connectivity index (χ1) is 23.8. The second-order valence-corrected chi connectivity index (χ2v) is 11.4. The monoisotopic (exact) mass is 679 g/mol. The fraction of sp³-hybridized carbons (Fsp3) is 0.343. The number of aromatic nitrogens is 1. The van der Waals surface area contributed by atoms with Gasteiger partial charge in [0.1, 0.15) is 19.9 Å². The molecule has 258 valence electrons. The molecule has 2 aromatic carbocycles. The predicted molar refractivity (Wildman–Crippen MR) is 172 cm³/mol. The van der Waals surface area contributed by atoms with Gasteiger partial charge in [0.25, 0.3) is 5.91 Å². The van der Waals surface area contributed by atoms with Gasteiger partial charge in [0, 0.05) is 24.9 Å². The molecule has 1 spiro atoms. The van der Waals surface area contributed by atoms with E-state index in [2.05, 4.69) is 0 Å². The second kappa shape index (κ2) is 14.9. The second-order valence-electron chi connectivity index (χ2n) is 11.4. The Labute approximate surface area is 280 Å². The predicted octanol–water partition coefficient (Wildman–Crippen LogP) is 4.70. The van der Waals surface area contributed by atoms with Crippen LogP contribution < -0.4 is 19.9 Å². The highest BCUT2D eigenvalue weighted by Crippen LogP contribution is 2.44. The Balaban J connectivity index is 1.41. The summed E-state index contributed by atoms with van der Waals surface area (Å²) < 4.78 is 63.2. The summed E-state index contributed by atoms with van der Waals surface area (Å²) >= 11 is 0. The maximum Gasteiger partial charge on any atom is 0.511 e. The van der Waals surface area contributed by atoms with Crippen molar-refractivity contribution in [2.75, 3.05) is 58.6 Å². The Hall–Kier alpha value is -5.21. The molecule has 1 fully saturated rings. The zero-order valence-corrected chi connectivity index (χ0v) is 26.8. The summed E-state index contributed by atoms with van der Waals surface area (Å²) in [6.07, 6.45) is 7.69. The van der Waals surface area contributed by atoms with Crippen LogP contribution >= 0.6 is 0 Å². The summed E-state index contributed by atoms with van der Waals surface area (Å²) in [6.45, 7) is -0.0936. The minimum absolute atomic E-state index is 0.0230. The minimum Gasteiger partial charge on any atom is -0.486 e. The molecule has 0 radical (unpaired) electrons. The fourth-order valence-corrected chi connectivity index (χ4v) is 5.92. The number of halogens is 2. The van der Waals surface area contributed by atoms with E-state index in [-0.39, 0.29) is 49.2 Å². The average Bonchev–Trinajstić information content (AvgIpc) is 3.10. The number of carbonyl (C=O) groups excluding carboxylic acids is 2. The summed E-state index contributed by atoms with van der Waals surface area (Å²) in [7, 11) is 1.54. The van der Waals surface area contributed by atoms with Crippen LogP contribution in [0, 0.1) is 11.6 Å². The molecule has 2 bridgehead atoms. The van der Waals surface area contributed by atoms with Crippen molar-refractivity contribution in [2.24, 2.45) is 0 Å². The summed E-state index contributed by atoms with van der Waals surface area (Å²) in [5.74, 6) is -3.43. The maximum absolute atomic E-state index is 15.5. The molecule has 3 aliphatic rings. The van der Waals surface area contributed by atoms with Crippen molar-refractivity contribution in [1.29, 1.82) is 0 Å². The fourth-order valence-electron chi connectivity index (χ4n) is 5.92. The quantitative estimate of drug-likeness (QED) is 0.129. The van der Waals surface area contributed by atoms with Gasteiger partial charge in [-0.05, 0) is 49.1 Å². The van der Waals surface area contributed by atoms with Gasteiger partial charge in [-0.15, -0.1) is 0 Å². The zero-order valence-electron chi connectivity index (χ0n) is 26.8. The van der Waals surface area contributed by atoms with E-state index >= 15 is 4.39 Å². The van der Waals surface area contributed by atoms with Crippen molar-refractivity contribution in [3.8, 4) is 11.5 Å². The molecule has 1 saturated carbocycles. The van der Waals surface area contributed by atoms with Gasteiger partial charge in [-0.25, -0.2) is 13.9 Å². The Morgan fingerprint density at radius 1 is 1.00 bits per heavy atom. The van der Waals surface area contributed by atoms with Gasteiger partial charge in [0.2, 0.25) is 23.8 Å². The van der Waals surface area contributed by atoms with Crippen molar-refractivity contribution in [1.82, 2.24) is 9.58 Å². The lowest BCUT2D eigenvalue weighted by atomic mass is 9.74. The minimum atomic E-state index is -1.16. The maximum atomic E-state index is 15.5. The molecule has 2 aliphatic heterocycles. The van der Waals surface area contributed by atoms with Crippen LogP contribution in [0.4, 0.5) is 13.6 Å². The van der Waals surface area contributed by atoms with E-state index in [9.17, 15) is 18.8 Å². The average molecular weight is 680 g/mol. The Bertz CT molecular complexity index is 1810. The summed E-state index contributed by atoms with van der Waals surface area (Å²) in [5.41, 5.74) is -0.269. The SMILES string of the molecule is COCCOCCOC(=O)OCOc1c2n(ccc1=O)N1CN(C2=O)C2(/C=C/COc3c(ccc(F)c3F)C1=Cc1ccccc1)CCC2. The molecule has 1 amide bonds. The molecule has 0 saturated heterocycles. The number of carbonyl (C=O) groups is 2. The first-order valence-corrected chi connectivity index (χ1v) is 15.7. The van der Waals surface area contributed by atoms with E-state index in [0.29, 0.717) is 31.8 Å². The molecule has 3 aromatic rings. The lowest BCUT2D eigenvalue weighted by molar-refractivity contribution is -0.0131. The van der Waals surface area contributed by atoms with Crippen molar-refractivity contribution in [3.63, 3.8) is 0 Å². The van der Waals surface area contributed by atoms with E-state index < -0.39 is 41.5 Å². The molecule has 1 aliphatic carbocycles.